The summed E-state index contributed by atoms with van der Waals surface area (Å²) in [5, 5.41) is 12.4. The van der Waals surface area contributed by atoms with Gasteiger partial charge < -0.3 is 5.11 Å². The molecule has 84 valence electrons. The van der Waals surface area contributed by atoms with E-state index in [1.54, 1.807) is 24.1 Å². The van der Waals surface area contributed by atoms with Crippen LogP contribution in [0.5, 0.6) is 0 Å². The lowest BCUT2D eigenvalue weighted by Gasteiger charge is -2.10. The van der Waals surface area contributed by atoms with E-state index in [0.717, 1.165) is 21.2 Å². The zero-order chi connectivity index (χ0) is 11.7. The number of aliphatic hydroxyl groups is 1. The molecule has 0 radical (unpaired) electrons. The van der Waals surface area contributed by atoms with Crippen LogP contribution in [0.4, 0.5) is 0 Å². The van der Waals surface area contributed by atoms with E-state index in [-0.39, 0.29) is 0 Å². The van der Waals surface area contributed by atoms with Gasteiger partial charge in [0, 0.05) is 29.5 Å². The maximum atomic E-state index is 10.3. The van der Waals surface area contributed by atoms with Crippen molar-refractivity contribution < 1.29 is 5.11 Å². The van der Waals surface area contributed by atoms with Crippen molar-refractivity contribution in [3.05, 3.63) is 58.8 Å². The quantitative estimate of drug-likeness (QED) is 0.751. The number of fused-ring (bicyclic) bond motifs is 1. The van der Waals surface area contributed by atoms with E-state index in [9.17, 15) is 5.11 Å². The van der Waals surface area contributed by atoms with Gasteiger partial charge in [0.05, 0.1) is 10.4 Å². The molecule has 4 heteroatoms. The molecule has 3 rings (SSSR count). The molecule has 1 aromatic carbocycles. The first-order valence-electron chi connectivity index (χ1n) is 5.25. The van der Waals surface area contributed by atoms with Gasteiger partial charge in [-0.2, -0.15) is 0 Å². The molecule has 0 aliphatic carbocycles. The van der Waals surface area contributed by atoms with Crippen LogP contribution in [0.25, 0.3) is 10.8 Å². The summed E-state index contributed by atoms with van der Waals surface area (Å²) in [7, 11) is 0. The summed E-state index contributed by atoms with van der Waals surface area (Å²) in [4.78, 5) is 8.99. The van der Waals surface area contributed by atoms with E-state index in [4.69, 9.17) is 0 Å². The zero-order valence-electron chi connectivity index (χ0n) is 8.95. The number of pyridine rings is 1. The highest BCUT2D eigenvalue weighted by Crippen LogP contribution is 2.29. The number of aliphatic hydroxyl groups excluding tert-OH is 1. The van der Waals surface area contributed by atoms with Gasteiger partial charge >= 0.3 is 0 Å². The predicted octanol–water partition coefficient (Wildman–Crippen LogP) is 2.77. The number of aromatic nitrogens is 2. The summed E-state index contributed by atoms with van der Waals surface area (Å²) in [5.41, 5.74) is 2.55. The molecule has 0 aliphatic heterocycles. The molecule has 17 heavy (non-hydrogen) atoms. The minimum atomic E-state index is -0.652. The van der Waals surface area contributed by atoms with E-state index >= 15 is 0 Å². The number of rotatable bonds is 2. The predicted molar refractivity (Wildman–Crippen MR) is 67.9 cm³/mol. The van der Waals surface area contributed by atoms with E-state index in [1.165, 1.54) is 11.3 Å². The third-order valence-electron chi connectivity index (χ3n) is 2.71. The Balaban J connectivity index is 2.17. The SMILES string of the molecule is OC(c1cncs1)c1cncc2ccccc12. The second-order valence-electron chi connectivity index (χ2n) is 3.76. The number of hydrogen-bond acceptors (Lipinski definition) is 4. The van der Waals surface area contributed by atoms with Crippen molar-refractivity contribution in [2.24, 2.45) is 0 Å². The van der Waals surface area contributed by atoms with Gasteiger partial charge in [-0.25, -0.2) is 0 Å². The number of benzene rings is 1. The van der Waals surface area contributed by atoms with Crippen LogP contribution in [0.15, 0.2) is 48.4 Å². The molecule has 0 saturated carbocycles. The summed E-state index contributed by atoms with van der Waals surface area (Å²) in [6.45, 7) is 0. The van der Waals surface area contributed by atoms with Crippen LogP contribution in [0.2, 0.25) is 0 Å². The van der Waals surface area contributed by atoms with Crippen molar-refractivity contribution in [2.45, 2.75) is 6.10 Å². The molecule has 0 bridgehead atoms. The van der Waals surface area contributed by atoms with Crippen molar-refractivity contribution in [3.63, 3.8) is 0 Å². The molecule has 3 aromatic rings. The lowest BCUT2D eigenvalue weighted by molar-refractivity contribution is 0.225. The summed E-state index contributed by atoms with van der Waals surface area (Å²) < 4.78 is 0. The normalized spacial score (nSPS) is 12.8. The average Bonchev–Trinajstić information content (AvgIpc) is 2.91. The molecule has 1 unspecified atom stereocenters. The Kier molecular flexibility index (Phi) is 2.59. The molecular formula is C13H10N2OS. The Labute approximate surface area is 102 Å². The Morgan fingerprint density at radius 2 is 1.94 bits per heavy atom. The average molecular weight is 242 g/mol. The Hall–Kier alpha value is -1.78. The first-order valence-corrected chi connectivity index (χ1v) is 6.13. The van der Waals surface area contributed by atoms with Crippen molar-refractivity contribution in [2.75, 3.05) is 0 Å². The van der Waals surface area contributed by atoms with Gasteiger partial charge in [0.25, 0.3) is 0 Å². The lowest BCUT2D eigenvalue weighted by atomic mass is 10.0. The Morgan fingerprint density at radius 1 is 1.06 bits per heavy atom. The smallest absolute Gasteiger partial charge is 0.117 e. The van der Waals surface area contributed by atoms with E-state index < -0.39 is 6.10 Å². The van der Waals surface area contributed by atoms with Gasteiger partial charge in [-0.3, -0.25) is 9.97 Å². The molecular weight excluding hydrogens is 232 g/mol. The van der Waals surface area contributed by atoms with Crippen LogP contribution in [0.1, 0.15) is 16.5 Å². The zero-order valence-corrected chi connectivity index (χ0v) is 9.76. The molecule has 1 N–H and O–H groups in total. The van der Waals surface area contributed by atoms with E-state index in [2.05, 4.69) is 9.97 Å². The summed E-state index contributed by atoms with van der Waals surface area (Å²) >= 11 is 1.45. The van der Waals surface area contributed by atoms with Gasteiger partial charge in [-0.1, -0.05) is 24.3 Å². The van der Waals surface area contributed by atoms with Crippen LogP contribution in [0.3, 0.4) is 0 Å². The second kappa shape index (κ2) is 4.24. The summed E-state index contributed by atoms with van der Waals surface area (Å²) in [5.74, 6) is 0. The second-order valence-corrected chi connectivity index (χ2v) is 4.67. The first-order chi connectivity index (χ1) is 8.36. The fraction of sp³-hybridized carbons (Fsp3) is 0.0769. The van der Waals surface area contributed by atoms with Gasteiger partial charge in [-0.15, -0.1) is 11.3 Å². The van der Waals surface area contributed by atoms with Crippen molar-refractivity contribution >= 4 is 22.1 Å². The fourth-order valence-corrected chi connectivity index (χ4v) is 2.49. The van der Waals surface area contributed by atoms with Crippen LogP contribution >= 0.6 is 11.3 Å². The van der Waals surface area contributed by atoms with Crippen LogP contribution in [0, 0.1) is 0 Å². The van der Waals surface area contributed by atoms with Crippen molar-refractivity contribution in [1.82, 2.24) is 9.97 Å². The minimum Gasteiger partial charge on any atom is -0.383 e. The van der Waals surface area contributed by atoms with Crippen molar-refractivity contribution in [1.29, 1.82) is 0 Å². The largest absolute Gasteiger partial charge is 0.383 e. The summed E-state index contributed by atoms with van der Waals surface area (Å²) in [6.07, 6.45) is 4.56. The number of nitrogens with zero attached hydrogens (tertiary/aromatic N) is 2. The van der Waals surface area contributed by atoms with Gasteiger partial charge in [0.1, 0.15) is 6.10 Å². The first kappa shape index (κ1) is 10.4. The lowest BCUT2D eigenvalue weighted by Crippen LogP contribution is -1.99. The molecule has 0 aliphatic rings. The number of thiazole rings is 1. The minimum absolute atomic E-state index is 0.652. The standard InChI is InChI=1S/C13H10N2OS/c16-13(12-7-15-8-17-12)11-6-14-5-9-3-1-2-4-10(9)11/h1-8,13,16H. The van der Waals surface area contributed by atoms with Gasteiger partial charge in [0.2, 0.25) is 0 Å². The monoisotopic (exact) mass is 242 g/mol. The highest BCUT2D eigenvalue weighted by atomic mass is 32.1. The molecule has 0 fully saturated rings. The molecule has 1 atom stereocenters. The number of hydrogen-bond donors (Lipinski definition) is 1. The maximum absolute atomic E-state index is 10.3. The molecule has 0 amide bonds. The van der Waals surface area contributed by atoms with Gasteiger partial charge in [0.15, 0.2) is 0 Å². The molecule has 2 aromatic heterocycles. The summed E-state index contributed by atoms with van der Waals surface area (Å²) in [6, 6.07) is 7.92. The van der Waals surface area contributed by atoms with E-state index in [1.807, 2.05) is 24.3 Å². The Morgan fingerprint density at radius 3 is 2.76 bits per heavy atom. The highest BCUT2D eigenvalue weighted by Gasteiger charge is 2.14. The third kappa shape index (κ3) is 1.81. The van der Waals surface area contributed by atoms with Crippen molar-refractivity contribution in [3.8, 4) is 0 Å². The molecule has 0 saturated heterocycles. The Bertz CT molecular complexity index is 631. The van der Waals surface area contributed by atoms with Crippen LogP contribution in [-0.4, -0.2) is 15.1 Å². The van der Waals surface area contributed by atoms with Crippen LogP contribution in [-0.2, 0) is 0 Å². The molecule has 0 spiro atoms. The molecule has 3 nitrogen and oxygen atoms in total. The fourth-order valence-electron chi connectivity index (χ4n) is 1.87. The van der Waals surface area contributed by atoms with Gasteiger partial charge in [-0.05, 0) is 5.39 Å². The highest BCUT2D eigenvalue weighted by molar-refractivity contribution is 7.09. The maximum Gasteiger partial charge on any atom is 0.117 e. The van der Waals surface area contributed by atoms with Crippen LogP contribution < -0.4 is 0 Å². The van der Waals surface area contributed by atoms with E-state index in [0.29, 0.717) is 0 Å². The third-order valence-corrected chi connectivity index (χ3v) is 3.54. The molecule has 2 heterocycles. The topological polar surface area (TPSA) is 46.0 Å².